The van der Waals surface area contributed by atoms with Crippen LogP contribution in [0.25, 0.3) is 38.9 Å². The van der Waals surface area contributed by atoms with Crippen molar-refractivity contribution in [3.8, 4) is 28.0 Å². The number of hydrogen-bond acceptors (Lipinski definition) is 5. The standard InChI is InChI=1S/C21H15N5O/c1-27-16-6-4-14(5-7-16)15-11-24-21-19(12-25-26(21)13-15)17-8-10-23-20-18(17)3-2-9-22-20/h2-13H,1H3. The van der Waals surface area contributed by atoms with Gasteiger partial charge in [0, 0.05) is 41.3 Å². The summed E-state index contributed by atoms with van der Waals surface area (Å²) in [5.74, 6) is 0.826. The minimum Gasteiger partial charge on any atom is -0.497 e. The van der Waals surface area contributed by atoms with E-state index in [-0.39, 0.29) is 0 Å². The summed E-state index contributed by atoms with van der Waals surface area (Å²) in [7, 11) is 1.66. The molecule has 0 saturated heterocycles. The van der Waals surface area contributed by atoms with E-state index in [4.69, 9.17) is 4.74 Å². The lowest BCUT2D eigenvalue weighted by molar-refractivity contribution is 0.415. The fraction of sp³-hybridized carbons (Fsp3) is 0.0476. The second-order valence-electron chi connectivity index (χ2n) is 6.13. The molecule has 6 nitrogen and oxygen atoms in total. The van der Waals surface area contributed by atoms with Crippen molar-refractivity contribution in [1.82, 2.24) is 24.6 Å². The van der Waals surface area contributed by atoms with Crippen molar-refractivity contribution in [1.29, 1.82) is 0 Å². The molecule has 4 heterocycles. The molecule has 6 heteroatoms. The number of ether oxygens (including phenoxy) is 1. The lowest BCUT2D eigenvalue weighted by atomic mass is 10.1. The van der Waals surface area contributed by atoms with E-state index in [0.717, 1.165) is 39.0 Å². The van der Waals surface area contributed by atoms with E-state index in [1.165, 1.54) is 0 Å². The predicted octanol–water partition coefficient (Wildman–Crippen LogP) is 4.02. The Labute approximate surface area is 155 Å². The second-order valence-corrected chi connectivity index (χ2v) is 6.13. The first-order chi connectivity index (χ1) is 13.3. The van der Waals surface area contributed by atoms with Gasteiger partial charge in [0.1, 0.15) is 5.75 Å². The van der Waals surface area contributed by atoms with Gasteiger partial charge >= 0.3 is 0 Å². The molecule has 27 heavy (non-hydrogen) atoms. The molecule has 0 amide bonds. The molecule has 0 N–H and O–H groups in total. The van der Waals surface area contributed by atoms with E-state index in [2.05, 4.69) is 20.1 Å². The fourth-order valence-electron chi connectivity index (χ4n) is 3.21. The summed E-state index contributed by atoms with van der Waals surface area (Å²) in [4.78, 5) is 13.3. The van der Waals surface area contributed by atoms with Gasteiger partial charge in [0.15, 0.2) is 11.3 Å². The van der Waals surface area contributed by atoms with Crippen molar-refractivity contribution in [3.05, 3.63) is 73.4 Å². The highest BCUT2D eigenvalue weighted by atomic mass is 16.5. The maximum atomic E-state index is 5.22. The highest BCUT2D eigenvalue weighted by Gasteiger charge is 2.12. The van der Waals surface area contributed by atoms with E-state index in [1.807, 2.05) is 61.1 Å². The molecule has 4 aromatic heterocycles. The van der Waals surface area contributed by atoms with Crippen LogP contribution in [0, 0.1) is 0 Å². The van der Waals surface area contributed by atoms with Crippen LogP contribution in [0.2, 0.25) is 0 Å². The van der Waals surface area contributed by atoms with Crippen molar-refractivity contribution in [2.45, 2.75) is 0 Å². The Balaban J connectivity index is 1.63. The Morgan fingerprint density at radius 2 is 1.67 bits per heavy atom. The molecule has 0 bridgehead atoms. The van der Waals surface area contributed by atoms with Crippen LogP contribution in [-0.4, -0.2) is 31.7 Å². The molecular weight excluding hydrogens is 338 g/mol. The summed E-state index contributed by atoms with van der Waals surface area (Å²) < 4.78 is 7.02. The zero-order valence-corrected chi connectivity index (χ0v) is 14.6. The lowest BCUT2D eigenvalue weighted by Crippen LogP contribution is -1.93. The minimum absolute atomic E-state index is 0.712. The van der Waals surface area contributed by atoms with Gasteiger partial charge in [0.05, 0.1) is 13.3 Å². The first-order valence-electron chi connectivity index (χ1n) is 8.51. The molecule has 5 aromatic rings. The molecule has 0 fully saturated rings. The predicted molar refractivity (Wildman–Crippen MR) is 104 cm³/mol. The Morgan fingerprint density at radius 3 is 2.52 bits per heavy atom. The zero-order chi connectivity index (χ0) is 18.2. The Morgan fingerprint density at radius 1 is 0.815 bits per heavy atom. The number of nitrogens with zero attached hydrogens (tertiary/aromatic N) is 5. The third-order valence-electron chi connectivity index (χ3n) is 4.58. The van der Waals surface area contributed by atoms with Crippen LogP contribution in [0.4, 0.5) is 0 Å². The lowest BCUT2D eigenvalue weighted by Gasteiger charge is -2.06. The first kappa shape index (κ1) is 15.5. The molecule has 0 atom stereocenters. The number of methoxy groups -OCH3 is 1. The van der Waals surface area contributed by atoms with Crippen LogP contribution in [0.5, 0.6) is 5.75 Å². The third-order valence-corrected chi connectivity index (χ3v) is 4.58. The minimum atomic E-state index is 0.712. The number of aromatic nitrogens is 5. The molecule has 0 aliphatic rings. The van der Waals surface area contributed by atoms with Gasteiger partial charge in [-0.2, -0.15) is 5.10 Å². The first-order valence-corrected chi connectivity index (χ1v) is 8.51. The van der Waals surface area contributed by atoms with Crippen LogP contribution in [-0.2, 0) is 0 Å². The molecule has 0 spiro atoms. The number of hydrogen-bond donors (Lipinski definition) is 0. The summed E-state index contributed by atoms with van der Waals surface area (Å²) in [6, 6.07) is 13.8. The van der Waals surface area contributed by atoms with Gasteiger partial charge in [-0.1, -0.05) is 12.1 Å². The monoisotopic (exact) mass is 353 g/mol. The molecule has 1 aromatic carbocycles. The van der Waals surface area contributed by atoms with Gasteiger partial charge in [-0.05, 0) is 41.5 Å². The molecule has 0 aliphatic carbocycles. The number of rotatable bonds is 3. The largest absolute Gasteiger partial charge is 0.497 e. The summed E-state index contributed by atoms with van der Waals surface area (Å²) in [6.07, 6.45) is 9.19. The smallest absolute Gasteiger partial charge is 0.162 e. The average Bonchev–Trinajstić information content (AvgIpc) is 3.16. The maximum absolute atomic E-state index is 5.22. The highest BCUT2D eigenvalue weighted by Crippen LogP contribution is 2.30. The molecule has 0 aliphatic heterocycles. The van der Waals surface area contributed by atoms with Crippen molar-refractivity contribution in [3.63, 3.8) is 0 Å². The van der Waals surface area contributed by atoms with Gasteiger partial charge in [-0.3, -0.25) is 0 Å². The number of fused-ring (bicyclic) bond motifs is 2. The molecule has 130 valence electrons. The molecule has 0 saturated carbocycles. The Hall–Kier alpha value is -3.80. The van der Waals surface area contributed by atoms with Crippen molar-refractivity contribution in [2.24, 2.45) is 0 Å². The van der Waals surface area contributed by atoms with E-state index in [1.54, 1.807) is 24.0 Å². The highest BCUT2D eigenvalue weighted by molar-refractivity contribution is 5.96. The van der Waals surface area contributed by atoms with Gasteiger partial charge in [0.2, 0.25) is 0 Å². The zero-order valence-electron chi connectivity index (χ0n) is 14.6. The number of benzene rings is 1. The van der Waals surface area contributed by atoms with E-state index in [9.17, 15) is 0 Å². The van der Waals surface area contributed by atoms with Crippen LogP contribution in [0.3, 0.4) is 0 Å². The van der Waals surface area contributed by atoms with Crippen molar-refractivity contribution in [2.75, 3.05) is 7.11 Å². The van der Waals surface area contributed by atoms with Crippen molar-refractivity contribution < 1.29 is 4.74 Å². The quantitative estimate of drug-likeness (QED) is 0.490. The fourth-order valence-corrected chi connectivity index (χ4v) is 3.21. The van der Waals surface area contributed by atoms with Gasteiger partial charge < -0.3 is 4.74 Å². The van der Waals surface area contributed by atoms with E-state index in [0.29, 0.717) is 5.65 Å². The molecule has 0 unspecified atom stereocenters. The average molecular weight is 353 g/mol. The Bertz CT molecular complexity index is 1260. The van der Waals surface area contributed by atoms with Crippen LogP contribution in [0.15, 0.2) is 73.4 Å². The van der Waals surface area contributed by atoms with Gasteiger partial charge in [-0.25, -0.2) is 19.5 Å². The summed E-state index contributed by atoms with van der Waals surface area (Å²) >= 11 is 0. The normalized spacial score (nSPS) is 11.1. The molecular formula is C21H15N5O. The topological polar surface area (TPSA) is 65.2 Å². The summed E-state index contributed by atoms with van der Waals surface area (Å²) in [5, 5.41) is 5.49. The maximum Gasteiger partial charge on any atom is 0.162 e. The summed E-state index contributed by atoms with van der Waals surface area (Å²) in [6.45, 7) is 0. The van der Waals surface area contributed by atoms with E-state index < -0.39 is 0 Å². The van der Waals surface area contributed by atoms with Gasteiger partial charge in [-0.15, -0.1) is 0 Å². The Kier molecular flexibility index (Phi) is 3.53. The van der Waals surface area contributed by atoms with E-state index >= 15 is 0 Å². The molecule has 0 radical (unpaired) electrons. The second kappa shape index (κ2) is 6.17. The van der Waals surface area contributed by atoms with Crippen LogP contribution < -0.4 is 4.74 Å². The SMILES string of the molecule is COc1ccc(-c2cnc3c(-c4ccnc5ncccc45)cnn3c2)cc1. The van der Waals surface area contributed by atoms with Crippen molar-refractivity contribution >= 4 is 16.7 Å². The summed E-state index contributed by atoms with van der Waals surface area (Å²) in [5.41, 5.74) is 5.53. The molecule has 5 rings (SSSR count). The number of pyridine rings is 2. The van der Waals surface area contributed by atoms with Crippen LogP contribution in [0.1, 0.15) is 0 Å². The van der Waals surface area contributed by atoms with Gasteiger partial charge in [0.25, 0.3) is 0 Å². The van der Waals surface area contributed by atoms with Crippen LogP contribution >= 0.6 is 0 Å². The third kappa shape index (κ3) is 2.58.